The van der Waals surface area contributed by atoms with Gasteiger partial charge in [0.05, 0.1) is 24.2 Å². The third-order valence-electron chi connectivity index (χ3n) is 2.97. The van der Waals surface area contributed by atoms with Crippen LogP contribution < -0.4 is 5.32 Å². The highest BCUT2D eigenvalue weighted by Crippen LogP contribution is 2.35. The minimum Gasteiger partial charge on any atom is -0.508 e. The number of ether oxygens (including phenoxy) is 1. The number of hydrogen-bond acceptors (Lipinski definition) is 5. The van der Waals surface area contributed by atoms with Gasteiger partial charge in [-0.2, -0.15) is 0 Å². The Hall–Kier alpha value is -2.76. The van der Waals surface area contributed by atoms with Crippen molar-refractivity contribution in [2.24, 2.45) is 0 Å². The number of carbonyl (C=O) groups is 2. The lowest BCUT2D eigenvalue weighted by Crippen LogP contribution is -2.25. The number of carboxylic acid groups (broad SMARTS) is 1. The molecule has 6 heteroatoms. The van der Waals surface area contributed by atoms with Crippen molar-refractivity contribution in [3.8, 4) is 5.75 Å². The zero-order valence-corrected chi connectivity index (χ0v) is 10.7. The van der Waals surface area contributed by atoms with Crippen molar-refractivity contribution in [1.29, 1.82) is 0 Å². The third-order valence-corrected chi connectivity index (χ3v) is 2.97. The van der Waals surface area contributed by atoms with Gasteiger partial charge in [-0.25, -0.2) is 9.59 Å². The smallest absolute Gasteiger partial charge is 0.336 e. The molecule has 20 heavy (non-hydrogen) atoms. The summed E-state index contributed by atoms with van der Waals surface area (Å²) in [5.41, 5.74) is 0.660. The molecule has 0 radical (unpaired) electrons. The molecule has 2 rings (SSSR count). The lowest BCUT2D eigenvalue weighted by Gasteiger charge is -2.23. The highest BCUT2D eigenvalue weighted by molar-refractivity contribution is 5.97. The van der Waals surface area contributed by atoms with Crippen LogP contribution in [0.15, 0.2) is 47.8 Å². The summed E-state index contributed by atoms with van der Waals surface area (Å²) in [4.78, 5) is 23.1. The van der Waals surface area contributed by atoms with Gasteiger partial charge < -0.3 is 20.3 Å². The number of hydrogen-bond donors (Lipinski definition) is 3. The molecular weight excluding hydrogens is 262 g/mol. The van der Waals surface area contributed by atoms with Gasteiger partial charge in [0.25, 0.3) is 0 Å². The van der Waals surface area contributed by atoms with Gasteiger partial charge in [0.15, 0.2) is 0 Å². The fourth-order valence-corrected chi connectivity index (χ4v) is 2.10. The number of aliphatic carboxylic acids is 1. The maximum absolute atomic E-state index is 11.8. The second-order valence-corrected chi connectivity index (χ2v) is 4.19. The van der Waals surface area contributed by atoms with Crippen LogP contribution in [0.2, 0.25) is 0 Å². The average Bonchev–Trinajstić information content (AvgIpc) is 2.45. The van der Waals surface area contributed by atoms with Gasteiger partial charge in [-0.1, -0.05) is 12.1 Å². The van der Waals surface area contributed by atoms with E-state index in [1.807, 2.05) is 0 Å². The molecule has 0 bridgehead atoms. The molecule has 1 aromatic rings. The number of nitrogens with one attached hydrogen (secondary N) is 1. The first-order chi connectivity index (χ1) is 9.54. The first-order valence-corrected chi connectivity index (χ1v) is 5.81. The van der Waals surface area contributed by atoms with Crippen LogP contribution in [0, 0.1) is 0 Å². The fourth-order valence-electron chi connectivity index (χ4n) is 2.10. The Balaban J connectivity index is 2.52. The summed E-state index contributed by atoms with van der Waals surface area (Å²) in [7, 11) is 1.22. The molecule has 1 heterocycles. The number of methoxy groups -OCH3 is 1. The van der Waals surface area contributed by atoms with Crippen LogP contribution in [0.25, 0.3) is 0 Å². The number of carboxylic acids is 1. The highest BCUT2D eigenvalue weighted by atomic mass is 16.5. The molecule has 0 aliphatic carbocycles. The molecule has 0 fully saturated rings. The maximum Gasteiger partial charge on any atom is 0.336 e. The number of phenolic OH excluding ortho intramolecular Hbond substituents is 1. The van der Waals surface area contributed by atoms with E-state index in [0.29, 0.717) is 5.56 Å². The summed E-state index contributed by atoms with van der Waals surface area (Å²) in [5, 5.41) is 21.4. The van der Waals surface area contributed by atoms with Gasteiger partial charge >= 0.3 is 11.9 Å². The van der Waals surface area contributed by atoms with Crippen LogP contribution in [0.5, 0.6) is 5.75 Å². The Morgan fingerprint density at radius 2 is 1.95 bits per heavy atom. The predicted octanol–water partition coefficient (Wildman–Crippen LogP) is 1.10. The lowest BCUT2D eigenvalue weighted by molar-refractivity contribution is -0.136. The fraction of sp³-hybridized carbons (Fsp3) is 0.143. The molecule has 1 unspecified atom stereocenters. The van der Waals surface area contributed by atoms with Crippen LogP contribution in [0.1, 0.15) is 11.5 Å². The second-order valence-electron chi connectivity index (χ2n) is 4.19. The quantitative estimate of drug-likeness (QED) is 0.715. The highest BCUT2D eigenvalue weighted by Gasteiger charge is 2.32. The molecule has 0 aromatic heterocycles. The summed E-state index contributed by atoms with van der Waals surface area (Å²) < 4.78 is 4.67. The van der Waals surface area contributed by atoms with Gasteiger partial charge in [0.1, 0.15) is 5.75 Å². The summed E-state index contributed by atoms with van der Waals surface area (Å²) in [5.74, 6) is -2.58. The zero-order chi connectivity index (χ0) is 14.7. The van der Waals surface area contributed by atoms with Crippen molar-refractivity contribution in [2.45, 2.75) is 5.92 Å². The Kier molecular flexibility index (Phi) is 3.74. The van der Waals surface area contributed by atoms with E-state index in [9.17, 15) is 19.8 Å². The number of dihydropyridines is 1. The monoisotopic (exact) mass is 275 g/mol. The van der Waals surface area contributed by atoms with Crippen molar-refractivity contribution in [1.82, 2.24) is 5.32 Å². The molecule has 1 atom stereocenters. The molecule has 6 nitrogen and oxygen atoms in total. The van der Waals surface area contributed by atoms with Crippen molar-refractivity contribution in [2.75, 3.05) is 7.11 Å². The van der Waals surface area contributed by atoms with E-state index in [1.54, 1.807) is 12.1 Å². The number of carbonyl (C=O) groups excluding carboxylic acids is 1. The molecule has 0 spiro atoms. The van der Waals surface area contributed by atoms with Crippen molar-refractivity contribution in [3.05, 3.63) is 53.4 Å². The Bertz CT molecular complexity index is 618. The van der Waals surface area contributed by atoms with Gasteiger partial charge in [0, 0.05) is 12.4 Å². The van der Waals surface area contributed by atoms with E-state index < -0.39 is 17.9 Å². The molecule has 0 saturated heterocycles. The molecule has 1 aromatic carbocycles. The van der Waals surface area contributed by atoms with E-state index >= 15 is 0 Å². The minimum absolute atomic E-state index is 0.00139. The summed E-state index contributed by atoms with van der Waals surface area (Å²) in [6.07, 6.45) is 2.70. The average molecular weight is 275 g/mol. The molecule has 1 aliphatic heterocycles. The van der Waals surface area contributed by atoms with Crippen LogP contribution in [0.3, 0.4) is 0 Å². The van der Waals surface area contributed by atoms with E-state index in [1.165, 1.54) is 31.6 Å². The van der Waals surface area contributed by atoms with Crippen LogP contribution >= 0.6 is 0 Å². The van der Waals surface area contributed by atoms with Crippen LogP contribution in [-0.2, 0) is 14.3 Å². The predicted molar refractivity (Wildman–Crippen MR) is 69.8 cm³/mol. The van der Waals surface area contributed by atoms with Crippen molar-refractivity contribution in [3.63, 3.8) is 0 Å². The van der Waals surface area contributed by atoms with E-state index in [-0.39, 0.29) is 16.9 Å². The van der Waals surface area contributed by atoms with Crippen LogP contribution in [-0.4, -0.2) is 29.3 Å². The van der Waals surface area contributed by atoms with E-state index in [4.69, 9.17) is 0 Å². The number of aromatic hydroxyl groups is 1. The van der Waals surface area contributed by atoms with E-state index in [0.717, 1.165) is 0 Å². The molecule has 3 N–H and O–H groups in total. The summed E-state index contributed by atoms with van der Waals surface area (Å²) >= 11 is 0. The van der Waals surface area contributed by atoms with E-state index in [2.05, 4.69) is 10.1 Å². The number of phenols is 1. The molecule has 104 valence electrons. The molecule has 0 amide bonds. The maximum atomic E-state index is 11.8. The Morgan fingerprint density at radius 3 is 2.55 bits per heavy atom. The Morgan fingerprint density at radius 1 is 1.25 bits per heavy atom. The van der Waals surface area contributed by atoms with Crippen LogP contribution in [0.4, 0.5) is 0 Å². The third kappa shape index (κ3) is 2.49. The number of benzene rings is 1. The molecular formula is C14H13NO5. The lowest BCUT2D eigenvalue weighted by atomic mass is 9.83. The second kappa shape index (κ2) is 5.48. The van der Waals surface area contributed by atoms with Gasteiger partial charge in [0.2, 0.25) is 0 Å². The topological polar surface area (TPSA) is 95.9 Å². The van der Waals surface area contributed by atoms with Gasteiger partial charge in [-0.05, 0) is 17.7 Å². The Labute approximate surface area is 115 Å². The first-order valence-electron chi connectivity index (χ1n) is 5.81. The summed E-state index contributed by atoms with van der Waals surface area (Å²) in [6, 6.07) is 6.12. The largest absolute Gasteiger partial charge is 0.508 e. The number of esters is 1. The SMILES string of the molecule is COC(=O)C1=CNC=C(C(=O)O)C1c1cccc(O)c1. The van der Waals surface area contributed by atoms with Crippen molar-refractivity contribution < 1.29 is 24.5 Å². The number of rotatable bonds is 3. The van der Waals surface area contributed by atoms with Gasteiger partial charge in [-0.3, -0.25) is 0 Å². The minimum atomic E-state index is -1.15. The first kappa shape index (κ1) is 13.7. The van der Waals surface area contributed by atoms with Crippen molar-refractivity contribution >= 4 is 11.9 Å². The summed E-state index contributed by atoms with van der Waals surface area (Å²) in [6.45, 7) is 0. The zero-order valence-electron chi connectivity index (χ0n) is 10.7. The molecule has 0 saturated carbocycles. The van der Waals surface area contributed by atoms with Gasteiger partial charge in [-0.15, -0.1) is 0 Å². The normalized spacial score (nSPS) is 17.6. The molecule has 1 aliphatic rings. The standard InChI is InChI=1S/C14H13NO5/c1-20-14(19)11-7-15-6-10(13(17)18)12(11)8-3-2-4-9(16)5-8/h2-7,12,15-16H,1H3,(H,17,18).